The average Bonchev–Trinajstić information content (AvgIpc) is 2.72. The van der Waals surface area contributed by atoms with Crippen LogP contribution in [0.2, 0.25) is 5.02 Å². The van der Waals surface area contributed by atoms with Gasteiger partial charge in [-0.3, -0.25) is 4.79 Å². The minimum Gasteiger partial charge on any atom is -0.341 e. The number of ketones is 1. The summed E-state index contributed by atoms with van der Waals surface area (Å²) in [4.78, 5) is 11.3. The van der Waals surface area contributed by atoms with E-state index in [1.807, 2.05) is 0 Å². The third kappa shape index (κ3) is 2.56. The Morgan fingerprint density at radius 3 is 2.82 bits per heavy atom. The quantitative estimate of drug-likeness (QED) is 0.765. The van der Waals surface area contributed by atoms with Crippen LogP contribution in [0.1, 0.15) is 23.0 Å². The van der Waals surface area contributed by atoms with E-state index in [4.69, 9.17) is 11.6 Å². The smallest absolute Gasteiger partial charge is 0.176 e. The first-order chi connectivity index (χ1) is 8.08. The molecule has 0 N–H and O–H groups in total. The summed E-state index contributed by atoms with van der Waals surface area (Å²) in [5.41, 5.74) is 1.38. The van der Waals surface area contributed by atoms with Crippen LogP contribution in [0.3, 0.4) is 0 Å². The molecule has 1 aromatic carbocycles. The second-order valence-electron chi connectivity index (χ2n) is 3.83. The monoisotopic (exact) mass is 251 g/mol. The third-order valence-corrected chi connectivity index (χ3v) is 2.83. The van der Waals surface area contributed by atoms with Crippen molar-refractivity contribution < 1.29 is 9.18 Å². The van der Waals surface area contributed by atoms with Gasteiger partial charge in [0.1, 0.15) is 5.82 Å². The van der Waals surface area contributed by atoms with E-state index < -0.39 is 5.82 Å². The largest absolute Gasteiger partial charge is 0.341 e. The van der Waals surface area contributed by atoms with E-state index in [1.165, 1.54) is 19.1 Å². The van der Waals surface area contributed by atoms with Crippen LogP contribution in [-0.2, 0) is 6.54 Å². The lowest BCUT2D eigenvalue weighted by Crippen LogP contribution is -2.06. The number of hydrogen-bond acceptors (Lipinski definition) is 1. The summed E-state index contributed by atoms with van der Waals surface area (Å²) in [6.07, 6.45) is 1.79. The van der Waals surface area contributed by atoms with Crippen LogP contribution >= 0.6 is 11.6 Å². The molecule has 0 amide bonds. The number of hydrogen-bond donors (Lipinski definition) is 0. The molecule has 2 nitrogen and oxygen atoms in total. The fraction of sp³-hybridized carbons (Fsp3) is 0.154. The second-order valence-corrected chi connectivity index (χ2v) is 4.23. The Morgan fingerprint density at radius 1 is 1.41 bits per heavy atom. The number of nitrogens with zero attached hydrogens (tertiary/aromatic N) is 1. The molecule has 0 aliphatic rings. The van der Waals surface area contributed by atoms with E-state index in [2.05, 4.69) is 0 Å². The van der Waals surface area contributed by atoms with Crippen LogP contribution in [0.5, 0.6) is 0 Å². The molecule has 0 fully saturated rings. The third-order valence-electron chi connectivity index (χ3n) is 2.53. The zero-order chi connectivity index (χ0) is 12.4. The summed E-state index contributed by atoms with van der Waals surface area (Å²) < 4.78 is 15.0. The van der Waals surface area contributed by atoms with Gasteiger partial charge in [0.2, 0.25) is 0 Å². The molecule has 0 aliphatic carbocycles. The lowest BCUT2D eigenvalue weighted by molar-refractivity contribution is 0.100. The lowest BCUT2D eigenvalue weighted by Gasteiger charge is -2.07. The Labute approximate surface area is 104 Å². The van der Waals surface area contributed by atoms with Crippen molar-refractivity contribution in [3.63, 3.8) is 0 Å². The second kappa shape index (κ2) is 4.72. The van der Waals surface area contributed by atoms with Gasteiger partial charge in [0.05, 0.1) is 10.7 Å². The number of carbonyl (C=O) groups excluding carboxylic acids is 1. The highest BCUT2D eigenvalue weighted by molar-refractivity contribution is 6.30. The Bertz CT molecular complexity index is 562. The Morgan fingerprint density at radius 2 is 2.18 bits per heavy atom. The SMILES string of the molecule is CC(=O)c1cccn1Cc1ccc(Cl)c(F)c1. The van der Waals surface area contributed by atoms with E-state index in [0.717, 1.165) is 5.56 Å². The van der Waals surface area contributed by atoms with Crippen molar-refractivity contribution >= 4 is 17.4 Å². The van der Waals surface area contributed by atoms with Gasteiger partial charge in [0.15, 0.2) is 5.78 Å². The zero-order valence-corrected chi connectivity index (χ0v) is 10.0. The molecule has 2 rings (SSSR count). The first kappa shape index (κ1) is 11.9. The molecule has 2 aromatic rings. The summed E-state index contributed by atoms with van der Waals surface area (Å²) in [5.74, 6) is -0.454. The Balaban J connectivity index is 2.28. The van der Waals surface area contributed by atoms with Crippen LogP contribution in [0, 0.1) is 5.82 Å². The van der Waals surface area contributed by atoms with E-state index in [-0.39, 0.29) is 10.8 Å². The maximum atomic E-state index is 13.3. The molecule has 0 saturated heterocycles. The van der Waals surface area contributed by atoms with Crippen molar-refractivity contribution in [1.29, 1.82) is 0 Å². The van der Waals surface area contributed by atoms with Crippen molar-refractivity contribution in [3.8, 4) is 0 Å². The van der Waals surface area contributed by atoms with Crippen LogP contribution in [0.15, 0.2) is 36.5 Å². The minimum absolute atomic E-state index is 0.00978. The summed E-state index contributed by atoms with van der Waals surface area (Å²) in [5, 5.41) is 0.105. The number of Topliss-reactive ketones (excluding diaryl/α,β-unsaturated/α-hetero) is 1. The predicted molar refractivity (Wildman–Crippen MR) is 64.9 cm³/mol. The fourth-order valence-corrected chi connectivity index (χ4v) is 1.82. The molecule has 0 unspecified atom stereocenters. The molecule has 0 aliphatic heterocycles. The maximum Gasteiger partial charge on any atom is 0.176 e. The first-order valence-electron chi connectivity index (χ1n) is 5.18. The van der Waals surface area contributed by atoms with Gasteiger partial charge in [0, 0.05) is 19.7 Å². The molecule has 0 atom stereocenters. The molecule has 0 bridgehead atoms. The molecule has 0 saturated carbocycles. The van der Waals surface area contributed by atoms with Crippen molar-refractivity contribution in [2.24, 2.45) is 0 Å². The molecular weight excluding hydrogens is 241 g/mol. The predicted octanol–water partition coefficient (Wildman–Crippen LogP) is 3.53. The number of halogens is 2. The standard InChI is InChI=1S/C13H11ClFNO/c1-9(17)13-3-2-6-16(13)8-10-4-5-11(14)12(15)7-10/h2-7H,8H2,1H3. The van der Waals surface area contributed by atoms with Gasteiger partial charge in [-0.05, 0) is 29.8 Å². The molecule has 0 spiro atoms. The highest BCUT2D eigenvalue weighted by Crippen LogP contribution is 2.17. The van der Waals surface area contributed by atoms with Crippen molar-refractivity contribution in [1.82, 2.24) is 4.57 Å². The highest BCUT2D eigenvalue weighted by atomic mass is 35.5. The average molecular weight is 252 g/mol. The molecule has 4 heteroatoms. The molecule has 88 valence electrons. The van der Waals surface area contributed by atoms with E-state index in [9.17, 15) is 9.18 Å². The molecular formula is C13H11ClFNO. The Hall–Kier alpha value is -1.61. The van der Waals surface area contributed by atoms with Gasteiger partial charge in [-0.15, -0.1) is 0 Å². The molecule has 1 heterocycles. The van der Waals surface area contributed by atoms with Gasteiger partial charge in [-0.25, -0.2) is 4.39 Å². The van der Waals surface area contributed by atoms with Gasteiger partial charge in [0.25, 0.3) is 0 Å². The molecule has 1 aromatic heterocycles. The van der Waals surface area contributed by atoms with Crippen molar-refractivity contribution in [3.05, 3.63) is 58.6 Å². The van der Waals surface area contributed by atoms with E-state index in [1.54, 1.807) is 29.0 Å². The number of benzene rings is 1. The van der Waals surface area contributed by atoms with Crippen LogP contribution < -0.4 is 0 Å². The van der Waals surface area contributed by atoms with Gasteiger partial charge in [-0.2, -0.15) is 0 Å². The summed E-state index contributed by atoms with van der Waals surface area (Å²) in [7, 11) is 0. The number of aromatic nitrogens is 1. The summed E-state index contributed by atoms with van der Waals surface area (Å²) in [6, 6.07) is 8.18. The zero-order valence-electron chi connectivity index (χ0n) is 9.28. The van der Waals surface area contributed by atoms with Gasteiger partial charge in [-0.1, -0.05) is 17.7 Å². The maximum absolute atomic E-state index is 13.3. The Kier molecular flexibility index (Phi) is 3.29. The lowest BCUT2D eigenvalue weighted by atomic mass is 10.2. The van der Waals surface area contributed by atoms with E-state index >= 15 is 0 Å². The van der Waals surface area contributed by atoms with Crippen LogP contribution in [0.4, 0.5) is 4.39 Å². The highest BCUT2D eigenvalue weighted by Gasteiger charge is 2.07. The number of rotatable bonds is 3. The molecule has 17 heavy (non-hydrogen) atoms. The molecule has 0 radical (unpaired) electrons. The van der Waals surface area contributed by atoms with Crippen molar-refractivity contribution in [2.75, 3.05) is 0 Å². The van der Waals surface area contributed by atoms with Gasteiger partial charge < -0.3 is 4.57 Å². The van der Waals surface area contributed by atoms with Crippen molar-refractivity contribution in [2.45, 2.75) is 13.5 Å². The number of carbonyl (C=O) groups is 1. The van der Waals surface area contributed by atoms with Crippen LogP contribution in [-0.4, -0.2) is 10.4 Å². The van der Waals surface area contributed by atoms with E-state index in [0.29, 0.717) is 12.2 Å². The topological polar surface area (TPSA) is 22.0 Å². The first-order valence-corrected chi connectivity index (χ1v) is 5.56. The van der Waals surface area contributed by atoms with Gasteiger partial charge >= 0.3 is 0 Å². The van der Waals surface area contributed by atoms with Crippen LogP contribution in [0.25, 0.3) is 0 Å². The minimum atomic E-state index is -0.444. The fourth-order valence-electron chi connectivity index (χ4n) is 1.71. The normalized spacial score (nSPS) is 10.5. The summed E-state index contributed by atoms with van der Waals surface area (Å²) >= 11 is 5.61. The summed E-state index contributed by atoms with van der Waals surface area (Å²) in [6.45, 7) is 1.96.